The van der Waals surface area contributed by atoms with Gasteiger partial charge in [-0.2, -0.15) is 13.2 Å². The quantitative estimate of drug-likeness (QED) is 0.781. The molecule has 0 bridgehead atoms. The van der Waals surface area contributed by atoms with E-state index < -0.39 is 11.7 Å². The first-order valence-electron chi connectivity index (χ1n) is 5.92. The van der Waals surface area contributed by atoms with Crippen LogP contribution in [0.15, 0.2) is 23.4 Å². The van der Waals surface area contributed by atoms with Crippen LogP contribution in [0.2, 0.25) is 0 Å². The van der Waals surface area contributed by atoms with Crippen LogP contribution in [0.25, 0.3) is 0 Å². The van der Waals surface area contributed by atoms with Crippen molar-refractivity contribution in [3.63, 3.8) is 0 Å². The van der Waals surface area contributed by atoms with Gasteiger partial charge in [0, 0.05) is 11.7 Å². The van der Waals surface area contributed by atoms with Gasteiger partial charge in [-0.3, -0.25) is 0 Å². The van der Waals surface area contributed by atoms with Crippen LogP contribution in [0, 0.1) is 5.92 Å². The van der Waals surface area contributed by atoms with E-state index in [0.29, 0.717) is 18.0 Å². The van der Waals surface area contributed by atoms with Crippen molar-refractivity contribution in [2.75, 3.05) is 13.1 Å². The van der Waals surface area contributed by atoms with Crippen molar-refractivity contribution in [2.45, 2.75) is 32.0 Å². The topological polar surface area (TPSA) is 24.1 Å². The number of hydrogen-bond acceptors (Lipinski definition) is 2. The number of nitrogens with one attached hydrogen (secondary N) is 2. The summed E-state index contributed by atoms with van der Waals surface area (Å²) in [6.07, 6.45) is -0.0204. The lowest BCUT2D eigenvalue weighted by Gasteiger charge is -2.24. The van der Waals surface area contributed by atoms with E-state index in [1.165, 1.54) is 12.2 Å². The molecule has 2 aliphatic rings. The number of dihydropyridines is 1. The average Bonchev–Trinajstić information content (AvgIpc) is 2.68. The van der Waals surface area contributed by atoms with Crippen LogP contribution < -0.4 is 10.6 Å². The van der Waals surface area contributed by atoms with Gasteiger partial charge in [0.15, 0.2) is 0 Å². The van der Waals surface area contributed by atoms with Gasteiger partial charge in [0.25, 0.3) is 0 Å². The Morgan fingerprint density at radius 1 is 1.41 bits per heavy atom. The van der Waals surface area contributed by atoms with Gasteiger partial charge in [-0.25, -0.2) is 0 Å². The molecule has 5 heteroatoms. The van der Waals surface area contributed by atoms with E-state index in [-0.39, 0.29) is 6.04 Å². The lowest BCUT2D eigenvalue weighted by Crippen LogP contribution is -2.31. The summed E-state index contributed by atoms with van der Waals surface area (Å²) in [6.45, 7) is 3.61. The zero-order valence-electron chi connectivity index (χ0n) is 9.77. The summed E-state index contributed by atoms with van der Waals surface area (Å²) >= 11 is 0. The smallest absolute Gasteiger partial charge is 0.382 e. The predicted molar refractivity (Wildman–Crippen MR) is 60.4 cm³/mol. The molecule has 2 atom stereocenters. The second-order valence-electron chi connectivity index (χ2n) is 4.79. The highest BCUT2D eigenvalue weighted by Gasteiger charge is 2.34. The third kappa shape index (κ3) is 3.25. The van der Waals surface area contributed by atoms with E-state index >= 15 is 0 Å². The molecule has 0 amide bonds. The predicted octanol–water partition coefficient (Wildman–Crippen LogP) is 2.35. The minimum Gasteiger partial charge on any atom is -0.382 e. The summed E-state index contributed by atoms with van der Waals surface area (Å²) < 4.78 is 37.9. The van der Waals surface area contributed by atoms with Crippen LogP contribution in [0.4, 0.5) is 13.2 Å². The van der Waals surface area contributed by atoms with Gasteiger partial charge in [-0.05, 0) is 44.8 Å². The Balaban J connectivity index is 2.06. The summed E-state index contributed by atoms with van der Waals surface area (Å²) in [5.74, 6) is 0.452. The second kappa shape index (κ2) is 4.72. The average molecular weight is 246 g/mol. The fraction of sp³-hybridized carbons (Fsp3) is 0.667. The minimum absolute atomic E-state index is 0.249. The molecule has 0 aliphatic carbocycles. The molecule has 2 rings (SSSR count). The Morgan fingerprint density at radius 2 is 2.18 bits per heavy atom. The lowest BCUT2D eigenvalue weighted by molar-refractivity contribution is -0.0889. The molecule has 2 N–H and O–H groups in total. The van der Waals surface area contributed by atoms with Gasteiger partial charge in [-0.1, -0.05) is 6.08 Å². The third-order valence-electron chi connectivity index (χ3n) is 3.17. The molecule has 0 saturated carbocycles. The Morgan fingerprint density at radius 3 is 2.76 bits per heavy atom. The highest BCUT2D eigenvalue weighted by molar-refractivity contribution is 5.33. The SMILES string of the molecule is CC1C=C(C(F)(F)F)C=C(CC2CCNC2)N1. The zero-order chi connectivity index (χ0) is 12.5. The molecule has 2 nitrogen and oxygen atoms in total. The molecule has 0 radical (unpaired) electrons. The standard InChI is InChI=1S/C12H17F3N2/c1-8-4-10(12(13,14)15)6-11(17-8)5-9-2-3-16-7-9/h4,6,8-9,16-17H,2-3,5,7H2,1H3. The van der Waals surface area contributed by atoms with Gasteiger partial charge >= 0.3 is 6.18 Å². The molecule has 2 unspecified atom stereocenters. The van der Waals surface area contributed by atoms with E-state index in [4.69, 9.17) is 0 Å². The Kier molecular flexibility index (Phi) is 3.47. The van der Waals surface area contributed by atoms with Crippen molar-refractivity contribution in [3.05, 3.63) is 23.4 Å². The van der Waals surface area contributed by atoms with E-state index in [1.54, 1.807) is 6.92 Å². The third-order valence-corrected chi connectivity index (χ3v) is 3.17. The molecule has 2 aliphatic heterocycles. The molecule has 1 saturated heterocycles. The van der Waals surface area contributed by atoms with E-state index in [0.717, 1.165) is 19.5 Å². The first-order chi connectivity index (χ1) is 7.95. The number of halogens is 3. The van der Waals surface area contributed by atoms with Crippen molar-refractivity contribution in [1.29, 1.82) is 0 Å². The lowest BCUT2D eigenvalue weighted by atomic mass is 9.98. The number of alkyl halides is 3. The fourth-order valence-electron chi connectivity index (χ4n) is 2.37. The Bertz CT molecular complexity index is 338. The molecular formula is C12H17F3N2. The molecule has 96 valence electrons. The fourth-order valence-corrected chi connectivity index (χ4v) is 2.37. The summed E-state index contributed by atoms with van der Waals surface area (Å²) in [5.41, 5.74) is 0.186. The van der Waals surface area contributed by atoms with Crippen LogP contribution in [0.3, 0.4) is 0 Å². The molecule has 0 spiro atoms. The highest BCUT2D eigenvalue weighted by atomic mass is 19.4. The van der Waals surface area contributed by atoms with Gasteiger partial charge in [0.2, 0.25) is 0 Å². The normalized spacial score (nSPS) is 29.6. The molecule has 17 heavy (non-hydrogen) atoms. The van der Waals surface area contributed by atoms with Gasteiger partial charge in [0.1, 0.15) is 0 Å². The Hall–Kier alpha value is -0.970. The van der Waals surface area contributed by atoms with Crippen molar-refractivity contribution < 1.29 is 13.2 Å². The van der Waals surface area contributed by atoms with Crippen molar-refractivity contribution in [1.82, 2.24) is 10.6 Å². The van der Waals surface area contributed by atoms with Crippen LogP contribution in [-0.4, -0.2) is 25.3 Å². The molecule has 0 aromatic carbocycles. The van der Waals surface area contributed by atoms with Gasteiger partial charge in [0.05, 0.1) is 5.57 Å². The minimum atomic E-state index is -4.24. The molecule has 0 aromatic heterocycles. The monoisotopic (exact) mass is 246 g/mol. The van der Waals surface area contributed by atoms with Crippen LogP contribution in [-0.2, 0) is 0 Å². The first kappa shape index (κ1) is 12.5. The van der Waals surface area contributed by atoms with Crippen molar-refractivity contribution in [2.24, 2.45) is 5.92 Å². The highest BCUT2D eigenvalue weighted by Crippen LogP contribution is 2.31. The summed E-state index contributed by atoms with van der Waals surface area (Å²) in [4.78, 5) is 0. The maximum Gasteiger partial charge on any atom is 0.416 e. The van der Waals surface area contributed by atoms with Gasteiger partial charge in [-0.15, -0.1) is 0 Å². The summed E-state index contributed by atoms with van der Waals surface area (Å²) in [7, 11) is 0. The summed E-state index contributed by atoms with van der Waals surface area (Å²) in [5, 5.41) is 6.32. The maximum atomic E-state index is 12.6. The van der Waals surface area contributed by atoms with E-state index in [1.807, 2.05) is 0 Å². The number of rotatable bonds is 2. The molecule has 2 heterocycles. The molecule has 1 fully saturated rings. The number of allylic oxidation sites excluding steroid dienone is 3. The molecular weight excluding hydrogens is 229 g/mol. The van der Waals surface area contributed by atoms with E-state index in [2.05, 4.69) is 10.6 Å². The van der Waals surface area contributed by atoms with Crippen molar-refractivity contribution >= 4 is 0 Å². The first-order valence-corrected chi connectivity index (χ1v) is 5.92. The summed E-state index contributed by atoms with van der Waals surface area (Å²) in [6, 6.07) is -0.249. The zero-order valence-corrected chi connectivity index (χ0v) is 9.77. The van der Waals surface area contributed by atoms with Crippen LogP contribution >= 0.6 is 0 Å². The van der Waals surface area contributed by atoms with E-state index in [9.17, 15) is 13.2 Å². The van der Waals surface area contributed by atoms with Crippen molar-refractivity contribution in [3.8, 4) is 0 Å². The van der Waals surface area contributed by atoms with Crippen LogP contribution in [0.5, 0.6) is 0 Å². The largest absolute Gasteiger partial charge is 0.416 e. The number of hydrogen-bond donors (Lipinski definition) is 2. The second-order valence-corrected chi connectivity index (χ2v) is 4.79. The van der Waals surface area contributed by atoms with Gasteiger partial charge < -0.3 is 10.6 Å². The maximum absolute atomic E-state index is 12.6. The molecule has 0 aromatic rings. The van der Waals surface area contributed by atoms with Crippen LogP contribution in [0.1, 0.15) is 19.8 Å². The Labute approximate surface area is 99.0 Å².